The number of aryl methyl sites for hydroxylation is 1. The smallest absolute Gasteiger partial charge is 0.260 e. The summed E-state index contributed by atoms with van der Waals surface area (Å²) in [5.41, 5.74) is 5.05. The average Bonchev–Trinajstić information content (AvgIpc) is 3.25. The molecule has 166 valence electrons. The number of likely N-dealkylation sites (N-methyl/N-ethyl adjacent to an activating group) is 1. The highest BCUT2D eigenvalue weighted by Crippen LogP contribution is 2.27. The third kappa shape index (κ3) is 3.86. The third-order valence-corrected chi connectivity index (χ3v) is 6.21. The zero-order valence-electron chi connectivity index (χ0n) is 18.7. The number of carbonyl (C=O) groups is 2. The number of hydrogen-bond acceptors (Lipinski definition) is 4. The molecule has 7 heteroatoms. The summed E-state index contributed by atoms with van der Waals surface area (Å²) in [6, 6.07) is 17.6. The number of nitrogens with zero attached hydrogens (tertiary/aromatic N) is 5. The van der Waals surface area contributed by atoms with E-state index in [0.717, 1.165) is 22.3 Å². The molecule has 1 aliphatic heterocycles. The molecule has 0 spiro atoms. The summed E-state index contributed by atoms with van der Waals surface area (Å²) >= 11 is 0. The first-order valence-corrected chi connectivity index (χ1v) is 11.0. The summed E-state index contributed by atoms with van der Waals surface area (Å²) in [6.45, 7) is 2.88. The molecule has 7 nitrogen and oxygen atoms in total. The summed E-state index contributed by atoms with van der Waals surface area (Å²) in [7, 11) is 1.79. The van der Waals surface area contributed by atoms with E-state index in [1.165, 1.54) is 0 Å². The fraction of sp³-hybridized carbons (Fsp3) is 0.231. The molecule has 0 bridgehead atoms. The lowest BCUT2D eigenvalue weighted by Crippen LogP contribution is -2.58. The lowest BCUT2D eigenvalue weighted by Gasteiger charge is -2.39. The van der Waals surface area contributed by atoms with Gasteiger partial charge >= 0.3 is 0 Å². The number of amides is 2. The van der Waals surface area contributed by atoms with Crippen LogP contribution in [-0.4, -0.2) is 62.4 Å². The lowest BCUT2D eigenvalue weighted by molar-refractivity contribution is -0.138. The zero-order chi connectivity index (χ0) is 22.9. The molecule has 4 aromatic rings. The molecular formula is C26H25N5O2. The van der Waals surface area contributed by atoms with Gasteiger partial charge in [0.15, 0.2) is 5.65 Å². The van der Waals surface area contributed by atoms with E-state index < -0.39 is 6.04 Å². The van der Waals surface area contributed by atoms with E-state index in [4.69, 9.17) is 0 Å². The van der Waals surface area contributed by atoms with Crippen molar-refractivity contribution in [3.05, 3.63) is 89.9 Å². The Hall–Kier alpha value is -4.00. The van der Waals surface area contributed by atoms with E-state index in [1.54, 1.807) is 33.8 Å². The second kappa shape index (κ2) is 8.50. The van der Waals surface area contributed by atoms with Crippen molar-refractivity contribution in [2.24, 2.45) is 0 Å². The van der Waals surface area contributed by atoms with Crippen LogP contribution >= 0.6 is 0 Å². The maximum Gasteiger partial charge on any atom is 0.260 e. The van der Waals surface area contributed by atoms with Crippen LogP contribution in [0.3, 0.4) is 0 Å². The van der Waals surface area contributed by atoms with Crippen molar-refractivity contribution < 1.29 is 9.59 Å². The maximum absolute atomic E-state index is 13.6. The molecule has 2 amide bonds. The first kappa shape index (κ1) is 20.9. The molecule has 3 heterocycles. The minimum absolute atomic E-state index is 0.0576. The van der Waals surface area contributed by atoms with Crippen molar-refractivity contribution in [3.63, 3.8) is 0 Å². The Labute approximate surface area is 192 Å². The van der Waals surface area contributed by atoms with Gasteiger partial charge in [0.1, 0.15) is 11.6 Å². The minimum Gasteiger partial charge on any atom is -0.342 e. The van der Waals surface area contributed by atoms with Crippen LogP contribution in [0.1, 0.15) is 21.5 Å². The minimum atomic E-state index is -0.596. The van der Waals surface area contributed by atoms with Gasteiger partial charge in [-0.05, 0) is 29.2 Å². The molecule has 1 fully saturated rings. The molecular weight excluding hydrogens is 414 g/mol. The standard InChI is InChI=1S/C26H25N5O2/c1-18-15-27-24-22(16-28-31(24)17-18)25(32)30-13-12-29(2)26(33)23(30)14-20-10-6-7-11-21(20)19-8-4-3-5-9-19/h3-11,15-17,23H,12-14H2,1-2H3/t23-/m0/s1. The largest absolute Gasteiger partial charge is 0.342 e. The fourth-order valence-electron chi connectivity index (χ4n) is 4.43. The number of rotatable bonds is 4. The fourth-order valence-corrected chi connectivity index (χ4v) is 4.43. The third-order valence-electron chi connectivity index (χ3n) is 6.21. The molecule has 2 aromatic carbocycles. The van der Waals surface area contributed by atoms with Crippen LogP contribution in [0.4, 0.5) is 0 Å². The van der Waals surface area contributed by atoms with Crippen molar-refractivity contribution >= 4 is 17.5 Å². The molecule has 1 atom stereocenters. The summed E-state index contributed by atoms with van der Waals surface area (Å²) in [6.07, 6.45) is 5.53. The second-order valence-electron chi connectivity index (χ2n) is 8.46. The Kier molecular flexibility index (Phi) is 5.38. The molecule has 0 unspecified atom stereocenters. The highest BCUT2D eigenvalue weighted by Gasteiger charge is 2.37. The Morgan fingerprint density at radius 2 is 1.79 bits per heavy atom. The predicted octanol–water partition coefficient (Wildman–Crippen LogP) is 3.23. The van der Waals surface area contributed by atoms with E-state index in [2.05, 4.69) is 28.3 Å². The first-order valence-electron chi connectivity index (χ1n) is 11.0. The first-order chi connectivity index (χ1) is 16.0. The van der Waals surface area contributed by atoms with Gasteiger partial charge in [-0.1, -0.05) is 54.6 Å². The van der Waals surface area contributed by atoms with Crippen LogP contribution in [0, 0.1) is 6.92 Å². The van der Waals surface area contributed by atoms with E-state index in [9.17, 15) is 9.59 Å². The van der Waals surface area contributed by atoms with Gasteiger partial charge in [0.25, 0.3) is 5.91 Å². The number of hydrogen-bond donors (Lipinski definition) is 0. The van der Waals surface area contributed by atoms with Crippen LogP contribution in [0.2, 0.25) is 0 Å². The molecule has 1 saturated heterocycles. The lowest BCUT2D eigenvalue weighted by atomic mass is 9.93. The quantitative estimate of drug-likeness (QED) is 0.490. The predicted molar refractivity (Wildman–Crippen MR) is 126 cm³/mol. The van der Waals surface area contributed by atoms with Gasteiger partial charge in [-0.25, -0.2) is 9.50 Å². The Balaban J connectivity index is 1.51. The highest BCUT2D eigenvalue weighted by molar-refractivity contribution is 6.02. The van der Waals surface area contributed by atoms with E-state index >= 15 is 0 Å². The number of aromatic nitrogens is 3. The van der Waals surface area contributed by atoms with Gasteiger partial charge in [-0.2, -0.15) is 5.10 Å². The van der Waals surface area contributed by atoms with E-state index in [1.807, 2.05) is 49.5 Å². The van der Waals surface area contributed by atoms with Crippen LogP contribution in [-0.2, 0) is 11.2 Å². The normalized spacial score (nSPS) is 16.4. The molecule has 0 aliphatic carbocycles. The SMILES string of the molecule is Cc1cnc2c(C(=O)N3CCN(C)C(=O)[C@@H]3Cc3ccccc3-c3ccccc3)cnn2c1. The molecule has 5 rings (SSSR count). The topological polar surface area (TPSA) is 70.8 Å². The maximum atomic E-state index is 13.6. The van der Waals surface area contributed by atoms with Crippen LogP contribution in [0.15, 0.2) is 73.2 Å². The average molecular weight is 440 g/mol. The summed E-state index contributed by atoms with van der Waals surface area (Å²) in [5, 5.41) is 4.30. The zero-order valence-corrected chi connectivity index (χ0v) is 18.7. The van der Waals surface area contributed by atoms with Crippen LogP contribution < -0.4 is 0 Å². The number of benzene rings is 2. The number of fused-ring (bicyclic) bond motifs is 1. The van der Waals surface area contributed by atoms with Crippen molar-refractivity contribution in [3.8, 4) is 11.1 Å². The summed E-state index contributed by atoms with van der Waals surface area (Å²) in [4.78, 5) is 34.7. The van der Waals surface area contributed by atoms with Gasteiger partial charge in [0.2, 0.25) is 5.91 Å². The van der Waals surface area contributed by atoms with Gasteiger partial charge in [0.05, 0.1) is 6.20 Å². The Morgan fingerprint density at radius 1 is 1.03 bits per heavy atom. The van der Waals surface area contributed by atoms with Gasteiger partial charge < -0.3 is 9.80 Å². The van der Waals surface area contributed by atoms with Crippen LogP contribution in [0.25, 0.3) is 16.8 Å². The monoisotopic (exact) mass is 439 g/mol. The molecule has 33 heavy (non-hydrogen) atoms. The van der Waals surface area contributed by atoms with Crippen molar-refractivity contribution in [2.75, 3.05) is 20.1 Å². The number of piperazine rings is 1. The van der Waals surface area contributed by atoms with Gasteiger partial charge in [-0.3, -0.25) is 9.59 Å². The van der Waals surface area contributed by atoms with Crippen LogP contribution in [0.5, 0.6) is 0 Å². The van der Waals surface area contributed by atoms with E-state index in [-0.39, 0.29) is 11.8 Å². The highest BCUT2D eigenvalue weighted by atomic mass is 16.2. The van der Waals surface area contributed by atoms with Gasteiger partial charge in [-0.15, -0.1) is 0 Å². The van der Waals surface area contributed by atoms with Crippen molar-refractivity contribution in [1.82, 2.24) is 24.4 Å². The second-order valence-corrected chi connectivity index (χ2v) is 8.46. The molecule has 1 aliphatic rings. The summed E-state index contributed by atoms with van der Waals surface area (Å²) in [5.74, 6) is -0.275. The Bertz CT molecular complexity index is 1330. The molecule has 0 saturated carbocycles. The molecule has 0 radical (unpaired) electrons. The number of carbonyl (C=O) groups excluding carboxylic acids is 2. The Morgan fingerprint density at radius 3 is 2.61 bits per heavy atom. The van der Waals surface area contributed by atoms with E-state index in [0.29, 0.717) is 30.7 Å². The van der Waals surface area contributed by atoms with Crippen molar-refractivity contribution in [1.29, 1.82) is 0 Å². The molecule has 0 N–H and O–H groups in total. The summed E-state index contributed by atoms with van der Waals surface area (Å²) < 4.78 is 1.61. The molecule has 2 aromatic heterocycles. The van der Waals surface area contributed by atoms with Crippen molar-refractivity contribution in [2.45, 2.75) is 19.4 Å². The van der Waals surface area contributed by atoms with Gasteiger partial charge in [0, 0.05) is 39.0 Å².